The van der Waals surface area contributed by atoms with Gasteiger partial charge < -0.3 is 5.11 Å². The highest BCUT2D eigenvalue weighted by atomic mass is 16.3. The van der Waals surface area contributed by atoms with Crippen LogP contribution in [-0.2, 0) is 0 Å². The molecule has 0 spiro atoms. The first-order chi connectivity index (χ1) is 8.74. The zero-order chi connectivity index (χ0) is 12.5. The van der Waals surface area contributed by atoms with Gasteiger partial charge in [-0.25, -0.2) is 0 Å². The number of rotatable bonds is 3. The van der Waals surface area contributed by atoms with Gasteiger partial charge in [-0.2, -0.15) is 0 Å². The van der Waals surface area contributed by atoms with Crippen molar-refractivity contribution in [2.24, 2.45) is 0 Å². The molecule has 1 fully saturated rings. The van der Waals surface area contributed by atoms with Gasteiger partial charge in [0.05, 0.1) is 0 Å². The molecule has 0 bridgehead atoms. The lowest BCUT2D eigenvalue weighted by Crippen LogP contribution is -1.99. The fourth-order valence-electron chi connectivity index (χ4n) is 2.40. The lowest BCUT2D eigenvalue weighted by Gasteiger charge is -2.12. The average Bonchev–Trinajstić information content (AvgIpc) is 3.22. The Kier molecular flexibility index (Phi) is 2.92. The molecule has 2 aromatic carbocycles. The number of aryl methyl sites for hydroxylation is 1. The van der Waals surface area contributed by atoms with Crippen LogP contribution in [0.3, 0.4) is 0 Å². The van der Waals surface area contributed by atoms with Crippen LogP contribution in [0, 0.1) is 6.92 Å². The van der Waals surface area contributed by atoms with Gasteiger partial charge >= 0.3 is 0 Å². The molecule has 1 saturated carbocycles. The number of hydrogen-bond donors (Lipinski definition) is 1. The quantitative estimate of drug-likeness (QED) is 0.858. The predicted molar refractivity (Wildman–Crippen MR) is 73.7 cm³/mol. The van der Waals surface area contributed by atoms with E-state index in [9.17, 15) is 5.11 Å². The Bertz CT molecular complexity index is 538. The second-order valence-electron chi connectivity index (χ2n) is 5.26. The summed E-state index contributed by atoms with van der Waals surface area (Å²) in [4.78, 5) is 0. The van der Waals surface area contributed by atoms with Crippen molar-refractivity contribution >= 4 is 0 Å². The largest absolute Gasteiger partial charge is 0.384 e. The number of aliphatic hydroxyl groups excluding tert-OH is 1. The van der Waals surface area contributed by atoms with Gasteiger partial charge in [0.15, 0.2) is 0 Å². The molecule has 1 N–H and O–H groups in total. The van der Waals surface area contributed by atoms with Crippen LogP contribution in [0.15, 0.2) is 48.5 Å². The summed E-state index contributed by atoms with van der Waals surface area (Å²) in [5.74, 6) is 0.773. The molecule has 1 aliphatic carbocycles. The smallest absolute Gasteiger partial charge is 0.104 e. The predicted octanol–water partition coefficient (Wildman–Crippen LogP) is 3.95. The molecular formula is C17H18O. The lowest BCUT2D eigenvalue weighted by molar-refractivity contribution is 0.220. The van der Waals surface area contributed by atoms with Gasteiger partial charge in [-0.3, -0.25) is 0 Å². The van der Waals surface area contributed by atoms with Gasteiger partial charge in [-0.05, 0) is 42.4 Å². The van der Waals surface area contributed by atoms with Crippen molar-refractivity contribution in [1.29, 1.82) is 0 Å². The number of aliphatic hydroxyl groups is 1. The minimum absolute atomic E-state index is 0.516. The van der Waals surface area contributed by atoms with E-state index in [1.807, 2.05) is 31.2 Å². The van der Waals surface area contributed by atoms with Crippen molar-refractivity contribution in [2.45, 2.75) is 31.8 Å². The van der Waals surface area contributed by atoms with Gasteiger partial charge in [0.25, 0.3) is 0 Å². The molecule has 1 aliphatic rings. The Morgan fingerprint density at radius 3 is 2.33 bits per heavy atom. The highest BCUT2D eigenvalue weighted by Gasteiger charge is 2.23. The summed E-state index contributed by atoms with van der Waals surface area (Å²) in [6.07, 6.45) is 2.12. The molecule has 92 valence electrons. The van der Waals surface area contributed by atoms with Crippen LogP contribution >= 0.6 is 0 Å². The summed E-state index contributed by atoms with van der Waals surface area (Å²) in [5.41, 5.74) is 4.54. The van der Waals surface area contributed by atoms with E-state index < -0.39 is 6.10 Å². The highest BCUT2D eigenvalue weighted by molar-refractivity contribution is 5.35. The first-order valence-electron chi connectivity index (χ1n) is 6.58. The van der Waals surface area contributed by atoms with Crippen LogP contribution in [-0.4, -0.2) is 5.11 Å². The molecule has 3 rings (SSSR count). The zero-order valence-electron chi connectivity index (χ0n) is 10.6. The Hall–Kier alpha value is -1.60. The summed E-state index contributed by atoms with van der Waals surface area (Å²) in [6.45, 7) is 2.05. The van der Waals surface area contributed by atoms with Gasteiger partial charge in [0.2, 0.25) is 0 Å². The van der Waals surface area contributed by atoms with Crippen molar-refractivity contribution in [3.63, 3.8) is 0 Å². The Morgan fingerprint density at radius 2 is 1.72 bits per heavy atom. The maximum absolute atomic E-state index is 10.4. The van der Waals surface area contributed by atoms with Crippen LogP contribution in [0.4, 0.5) is 0 Å². The third-order valence-electron chi connectivity index (χ3n) is 3.66. The van der Waals surface area contributed by atoms with Crippen molar-refractivity contribution in [3.05, 3.63) is 70.8 Å². The van der Waals surface area contributed by atoms with Gasteiger partial charge in [-0.15, -0.1) is 0 Å². The van der Waals surface area contributed by atoms with Crippen molar-refractivity contribution in [3.8, 4) is 0 Å². The number of benzene rings is 2. The molecule has 1 nitrogen and oxygen atoms in total. The fraction of sp³-hybridized carbons (Fsp3) is 0.294. The minimum atomic E-state index is -0.516. The fourth-order valence-corrected chi connectivity index (χ4v) is 2.40. The molecule has 1 atom stereocenters. The van der Waals surface area contributed by atoms with E-state index in [0.29, 0.717) is 0 Å². The third kappa shape index (κ3) is 2.32. The van der Waals surface area contributed by atoms with E-state index in [0.717, 1.165) is 17.0 Å². The molecule has 18 heavy (non-hydrogen) atoms. The van der Waals surface area contributed by atoms with Crippen LogP contribution in [0.25, 0.3) is 0 Å². The Morgan fingerprint density at radius 1 is 1.00 bits per heavy atom. The van der Waals surface area contributed by atoms with E-state index in [2.05, 4.69) is 24.3 Å². The van der Waals surface area contributed by atoms with Gasteiger partial charge in [0.1, 0.15) is 6.10 Å². The van der Waals surface area contributed by atoms with Crippen molar-refractivity contribution in [2.75, 3.05) is 0 Å². The summed E-state index contributed by atoms with van der Waals surface area (Å²) < 4.78 is 0. The van der Waals surface area contributed by atoms with Gasteiger partial charge in [0, 0.05) is 0 Å². The molecule has 1 heteroatoms. The molecule has 2 aromatic rings. The maximum Gasteiger partial charge on any atom is 0.104 e. The maximum atomic E-state index is 10.4. The van der Waals surface area contributed by atoms with Crippen LogP contribution in [0.5, 0.6) is 0 Å². The first kappa shape index (κ1) is 11.5. The molecule has 1 unspecified atom stereocenters. The SMILES string of the molecule is Cc1cccc(C(O)c2ccc(C3CC3)cc2)c1. The van der Waals surface area contributed by atoms with E-state index in [1.165, 1.54) is 24.0 Å². The topological polar surface area (TPSA) is 20.2 Å². The summed E-state index contributed by atoms with van der Waals surface area (Å²) in [6, 6.07) is 16.5. The summed E-state index contributed by atoms with van der Waals surface area (Å²) >= 11 is 0. The van der Waals surface area contributed by atoms with Gasteiger partial charge in [-0.1, -0.05) is 54.1 Å². The summed E-state index contributed by atoms with van der Waals surface area (Å²) in [7, 11) is 0. The molecule has 0 aromatic heterocycles. The third-order valence-corrected chi connectivity index (χ3v) is 3.66. The average molecular weight is 238 g/mol. The van der Waals surface area contributed by atoms with E-state index in [1.54, 1.807) is 0 Å². The van der Waals surface area contributed by atoms with E-state index >= 15 is 0 Å². The zero-order valence-corrected chi connectivity index (χ0v) is 10.6. The highest BCUT2D eigenvalue weighted by Crippen LogP contribution is 2.40. The van der Waals surface area contributed by atoms with Crippen LogP contribution in [0.2, 0.25) is 0 Å². The van der Waals surface area contributed by atoms with E-state index in [-0.39, 0.29) is 0 Å². The normalized spacial score (nSPS) is 16.6. The Labute approximate surface area is 108 Å². The van der Waals surface area contributed by atoms with Crippen LogP contribution < -0.4 is 0 Å². The molecule has 0 heterocycles. The summed E-state index contributed by atoms with van der Waals surface area (Å²) in [5, 5.41) is 10.4. The van der Waals surface area contributed by atoms with Crippen LogP contribution in [0.1, 0.15) is 47.1 Å². The van der Waals surface area contributed by atoms with Crippen molar-refractivity contribution < 1.29 is 5.11 Å². The molecular weight excluding hydrogens is 220 g/mol. The molecule has 0 aliphatic heterocycles. The molecule has 0 radical (unpaired) electrons. The minimum Gasteiger partial charge on any atom is -0.384 e. The monoisotopic (exact) mass is 238 g/mol. The first-order valence-corrected chi connectivity index (χ1v) is 6.58. The standard InChI is InChI=1S/C17H18O/c1-12-3-2-4-16(11-12)17(18)15-9-7-14(8-10-15)13-5-6-13/h2-4,7-11,13,17-18H,5-6H2,1H3. The lowest BCUT2D eigenvalue weighted by atomic mass is 9.98. The Balaban J connectivity index is 1.84. The van der Waals surface area contributed by atoms with Crippen molar-refractivity contribution in [1.82, 2.24) is 0 Å². The van der Waals surface area contributed by atoms with E-state index in [4.69, 9.17) is 0 Å². The molecule has 0 saturated heterocycles. The molecule has 0 amide bonds. The second kappa shape index (κ2) is 4.58. The second-order valence-corrected chi connectivity index (χ2v) is 5.26. The number of hydrogen-bond acceptors (Lipinski definition) is 1.